The van der Waals surface area contributed by atoms with Gasteiger partial charge in [-0.3, -0.25) is 0 Å². The fourth-order valence-corrected chi connectivity index (χ4v) is 6.73. The highest BCUT2D eigenvalue weighted by atomic mass is 15.3. The molecule has 0 N–H and O–H groups in total. The molecular weight excluding hydrogens is 482 g/mol. The Hall–Kier alpha value is -0.820. The van der Waals surface area contributed by atoms with E-state index in [1.54, 1.807) is 11.1 Å². The normalized spacial score (nSPS) is 11.9. The predicted octanol–water partition coefficient (Wildman–Crippen LogP) is 13.0. The van der Waals surface area contributed by atoms with E-state index in [0.29, 0.717) is 0 Å². The van der Waals surface area contributed by atoms with Crippen LogP contribution < -0.4 is 0 Å². The maximum atomic E-state index is 2.46. The third-order valence-electron chi connectivity index (χ3n) is 9.46. The van der Waals surface area contributed by atoms with Gasteiger partial charge in [-0.25, -0.2) is 0 Å². The summed E-state index contributed by atoms with van der Waals surface area (Å²) >= 11 is 0. The van der Waals surface area contributed by atoms with Gasteiger partial charge in [0.25, 0.3) is 0 Å². The van der Waals surface area contributed by atoms with E-state index in [0.717, 1.165) is 0 Å². The largest absolute Gasteiger partial charge is 0.320 e. The van der Waals surface area contributed by atoms with Crippen LogP contribution >= 0.6 is 0 Å². The molecule has 1 aromatic carbocycles. The van der Waals surface area contributed by atoms with Gasteiger partial charge < -0.3 is 4.48 Å². The number of hydrogen-bond acceptors (Lipinski definition) is 0. The molecule has 0 heterocycles. The van der Waals surface area contributed by atoms with Gasteiger partial charge in [0.1, 0.15) is 6.54 Å². The number of nitrogens with zero attached hydrogens (tertiary/aromatic N) is 1. The second kappa shape index (κ2) is 27.0. The van der Waals surface area contributed by atoms with Crippen LogP contribution in [0.1, 0.15) is 193 Å². The molecule has 0 atom stereocenters. The molecule has 0 bridgehead atoms. The smallest absolute Gasteiger partial charge is 0.105 e. The van der Waals surface area contributed by atoms with Crippen LogP contribution in [0.15, 0.2) is 24.3 Å². The number of aryl methyl sites for hydroxylation is 1. The first kappa shape index (κ1) is 37.2. The molecule has 0 aliphatic rings. The van der Waals surface area contributed by atoms with Gasteiger partial charge in [-0.05, 0) is 50.5 Å². The minimum atomic E-state index is 1.17. The van der Waals surface area contributed by atoms with Gasteiger partial charge in [0.2, 0.25) is 0 Å². The summed E-state index contributed by atoms with van der Waals surface area (Å²) in [7, 11) is 0. The van der Waals surface area contributed by atoms with E-state index in [1.165, 1.54) is 191 Å². The van der Waals surface area contributed by atoms with Gasteiger partial charge in [0, 0.05) is 5.56 Å². The molecule has 0 amide bonds. The standard InChI is InChI=1S/C39H74N/c1-5-9-12-15-18-21-24-29-34-40(35-30-25-22-19-16-13-10-6-2,36-31-26-23-20-17-14-11-7-3)37-39-33-28-27-32-38(39)8-4/h27-28,32-33H,5-26,29-31,34-37H2,1-4H3/q+1. The number of quaternary nitrogens is 1. The Morgan fingerprint density at radius 2 is 0.675 bits per heavy atom. The monoisotopic (exact) mass is 557 g/mol. The molecule has 234 valence electrons. The number of unbranched alkanes of at least 4 members (excludes halogenated alkanes) is 21. The van der Waals surface area contributed by atoms with Crippen LogP contribution in [-0.2, 0) is 13.0 Å². The second-order valence-corrected chi connectivity index (χ2v) is 13.2. The van der Waals surface area contributed by atoms with Gasteiger partial charge in [0.15, 0.2) is 0 Å². The van der Waals surface area contributed by atoms with Crippen molar-refractivity contribution in [3.8, 4) is 0 Å². The highest BCUT2D eigenvalue weighted by Crippen LogP contribution is 2.24. The van der Waals surface area contributed by atoms with Gasteiger partial charge in [-0.1, -0.05) is 168 Å². The number of rotatable bonds is 30. The molecule has 0 saturated carbocycles. The van der Waals surface area contributed by atoms with Crippen LogP contribution in [-0.4, -0.2) is 24.1 Å². The summed E-state index contributed by atoms with van der Waals surface area (Å²) < 4.78 is 1.36. The van der Waals surface area contributed by atoms with Crippen molar-refractivity contribution in [2.75, 3.05) is 19.6 Å². The Labute approximate surface area is 253 Å². The summed E-state index contributed by atoms with van der Waals surface area (Å²) in [5, 5.41) is 0. The lowest BCUT2D eigenvalue weighted by atomic mass is 10.0. The van der Waals surface area contributed by atoms with Crippen LogP contribution in [0.4, 0.5) is 0 Å². The quantitative estimate of drug-likeness (QED) is 0.0653. The summed E-state index contributed by atoms with van der Waals surface area (Å²) in [5.74, 6) is 0. The Morgan fingerprint density at radius 3 is 1.00 bits per heavy atom. The maximum absolute atomic E-state index is 2.46. The van der Waals surface area contributed by atoms with E-state index in [9.17, 15) is 0 Å². The average molecular weight is 557 g/mol. The van der Waals surface area contributed by atoms with Crippen molar-refractivity contribution in [1.82, 2.24) is 0 Å². The number of benzene rings is 1. The van der Waals surface area contributed by atoms with Crippen molar-refractivity contribution in [2.24, 2.45) is 0 Å². The van der Waals surface area contributed by atoms with Crippen molar-refractivity contribution in [1.29, 1.82) is 0 Å². The summed E-state index contributed by atoms with van der Waals surface area (Å²) in [6.45, 7) is 14.8. The van der Waals surface area contributed by atoms with E-state index in [1.807, 2.05) is 0 Å². The lowest BCUT2D eigenvalue weighted by Crippen LogP contribution is -2.49. The third kappa shape index (κ3) is 19.3. The SMILES string of the molecule is CCCCCCCCCC[N+](CCCCCCCCCC)(CCCCCCCCCC)Cc1ccccc1CC. The number of hydrogen-bond donors (Lipinski definition) is 0. The van der Waals surface area contributed by atoms with Crippen molar-refractivity contribution in [3.05, 3.63) is 35.4 Å². The van der Waals surface area contributed by atoms with Crippen LogP contribution in [0.2, 0.25) is 0 Å². The minimum Gasteiger partial charge on any atom is -0.320 e. The first-order valence-electron chi connectivity index (χ1n) is 18.6. The molecule has 40 heavy (non-hydrogen) atoms. The topological polar surface area (TPSA) is 0 Å². The molecule has 0 aliphatic carbocycles. The molecular formula is C39H74N+. The summed E-state index contributed by atoms with van der Waals surface area (Å²) in [6.07, 6.45) is 35.5. The van der Waals surface area contributed by atoms with E-state index in [-0.39, 0.29) is 0 Å². The van der Waals surface area contributed by atoms with Crippen molar-refractivity contribution in [3.63, 3.8) is 0 Å². The van der Waals surface area contributed by atoms with Crippen molar-refractivity contribution >= 4 is 0 Å². The minimum absolute atomic E-state index is 1.17. The highest BCUT2D eigenvalue weighted by Gasteiger charge is 2.27. The lowest BCUT2D eigenvalue weighted by Gasteiger charge is -2.40. The Bertz CT molecular complexity index is 600. The lowest BCUT2D eigenvalue weighted by molar-refractivity contribution is -0.941. The molecule has 0 fully saturated rings. The van der Waals surface area contributed by atoms with Gasteiger partial charge in [0.05, 0.1) is 19.6 Å². The summed E-state index contributed by atoms with van der Waals surface area (Å²) in [5.41, 5.74) is 3.23. The van der Waals surface area contributed by atoms with Crippen LogP contribution in [0.5, 0.6) is 0 Å². The zero-order valence-corrected chi connectivity index (χ0v) is 28.3. The summed E-state index contributed by atoms with van der Waals surface area (Å²) in [4.78, 5) is 0. The van der Waals surface area contributed by atoms with E-state index < -0.39 is 0 Å². The van der Waals surface area contributed by atoms with E-state index >= 15 is 0 Å². The molecule has 0 saturated heterocycles. The molecule has 0 radical (unpaired) electrons. The Kier molecular flexibility index (Phi) is 25.2. The molecule has 0 unspecified atom stereocenters. The highest BCUT2D eigenvalue weighted by molar-refractivity contribution is 5.26. The fraction of sp³-hybridized carbons (Fsp3) is 0.846. The zero-order valence-electron chi connectivity index (χ0n) is 28.3. The van der Waals surface area contributed by atoms with Crippen LogP contribution in [0, 0.1) is 0 Å². The Balaban J connectivity index is 2.78. The van der Waals surface area contributed by atoms with Crippen molar-refractivity contribution in [2.45, 2.75) is 195 Å². The van der Waals surface area contributed by atoms with Crippen LogP contribution in [0.25, 0.3) is 0 Å². The van der Waals surface area contributed by atoms with Crippen molar-refractivity contribution < 1.29 is 4.48 Å². The molecule has 1 heteroatoms. The second-order valence-electron chi connectivity index (χ2n) is 13.2. The molecule has 0 aromatic heterocycles. The maximum Gasteiger partial charge on any atom is 0.105 e. The first-order valence-corrected chi connectivity index (χ1v) is 18.6. The van der Waals surface area contributed by atoms with Crippen LogP contribution in [0.3, 0.4) is 0 Å². The Morgan fingerprint density at radius 1 is 0.375 bits per heavy atom. The zero-order chi connectivity index (χ0) is 29.0. The summed E-state index contributed by atoms with van der Waals surface area (Å²) in [6, 6.07) is 9.41. The van der Waals surface area contributed by atoms with Gasteiger partial charge >= 0.3 is 0 Å². The first-order chi connectivity index (χ1) is 19.7. The fourth-order valence-electron chi connectivity index (χ4n) is 6.73. The molecule has 1 rings (SSSR count). The van der Waals surface area contributed by atoms with E-state index in [4.69, 9.17) is 0 Å². The molecule has 0 spiro atoms. The predicted molar refractivity (Wildman–Crippen MR) is 182 cm³/mol. The molecule has 1 nitrogen and oxygen atoms in total. The third-order valence-corrected chi connectivity index (χ3v) is 9.46. The van der Waals surface area contributed by atoms with E-state index in [2.05, 4.69) is 52.0 Å². The average Bonchev–Trinajstić information content (AvgIpc) is 2.97. The molecule has 0 aliphatic heterocycles. The molecule has 1 aromatic rings. The van der Waals surface area contributed by atoms with Gasteiger partial charge in [-0.2, -0.15) is 0 Å². The van der Waals surface area contributed by atoms with Gasteiger partial charge in [-0.15, -0.1) is 0 Å².